The van der Waals surface area contributed by atoms with Crippen molar-refractivity contribution in [2.75, 3.05) is 6.61 Å². The van der Waals surface area contributed by atoms with Crippen LogP contribution in [0, 0.1) is 0 Å². The molecule has 18 heavy (non-hydrogen) atoms. The first-order valence-electron chi connectivity index (χ1n) is 5.76. The average Bonchev–Trinajstić information content (AvgIpc) is 2.93. The van der Waals surface area contributed by atoms with Gasteiger partial charge in [0.25, 0.3) is 0 Å². The van der Waals surface area contributed by atoms with E-state index in [4.69, 9.17) is 9.84 Å². The molecule has 2 aromatic rings. The van der Waals surface area contributed by atoms with E-state index in [2.05, 4.69) is 4.98 Å². The predicted octanol–water partition coefficient (Wildman–Crippen LogP) is -0.352. The first-order chi connectivity index (χ1) is 8.72. The average molecular weight is 250 g/mol. The molecule has 0 radical (unpaired) electrons. The molecule has 0 aliphatic carbocycles. The maximum absolute atomic E-state index is 9.96. The van der Waals surface area contributed by atoms with Gasteiger partial charge in [-0.3, -0.25) is 0 Å². The molecule has 2 aromatic heterocycles. The summed E-state index contributed by atoms with van der Waals surface area (Å²) in [6.45, 7) is -0.332. The van der Waals surface area contributed by atoms with E-state index in [0.717, 1.165) is 5.39 Å². The molecule has 4 atom stereocenters. The van der Waals surface area contributed by atoms with Gasteiger partial charge in [-0.05, 0) is 18.2 Å². The molecule has 3 N–H and O–H groups in total. The van der Waals surface area contributed by atoms with E-state index in [-0.39, 0.29) is 6.61 Å². The Balaban J connectivity index is 2.00. The van der Waals surface area contributed by atoms with Crippen LogP contribution in [0.1, 0.15) is 6.23 Å². The minimum absolute atomic E-state index is 0.332. The summed E-state index contributed by atoms with van der Waals surface area (Å²) in [5.41, 5.74) is 0.673. The van der Waals surface area contributed by atoms with Crippen LogP contribution in [0.25, 0.3) is 11.0 Å². The van der Waals surface area contributed by atoms with Crippen LogP contribution >= 0.6 is 0 Å². The highest BCUT2D eigenvalue weighted by Gasteiger charge is 2.43. The molecule has 3 heterocycles. The first kappa shape index (κ1) is 11.6. The smallest absolute Gasteiger partial charge is 0.164 e. The molecule has 3 rings (SSSR count). The molecule has 6 nitrogen and oxygen atoms in total. The third kappa shape index (κ3) is 1.62. The summed E-state index contributed by atoms with van der Waals surface area (Å²) in [4.78, 5) is 4.22. The molecule has 6 heteroatoms. The Labute approximate surface area is 103 Å². The monoisotopic (exact) mass is 250 g/mol. The van der Waals surface area contributed by atoms with Crippen molar-refractivity contribution in [2.45, 2.75) is 24.5 Å². The van der Waals surface area contributed by atoms with E-state index in [9.17, 15) is 10.2 Å². The van der Waals surface area contributed by atoms with Crippen LogP contribution < -0.4 is 0 Å². The normalized spacial score (nSPS) is 32.2. The van der Waals surface area contributed by atoms with E-state index in [0.29, 0.717) is 5.65 Å². The summed E-state index contributed by atoms with van der Waals surface area (Å²) >= 11 is 0. The van der Waals surface area contributed by atoms with Crippen LogP contribution in [0.5, 0.6) is 0 Å². The van der Waals surface area contributed by atoms with Gasteiger partial charge in [0.2, 0.25) is 0 Å². The molecule has 1 saturated heterocycles. The molecular formula is C12H14N2O4. The van der Waals surface area contributed by atoms with E-state index in [1.807, 2.05) is 18.2 Å². The second-order valence-electron chi connectivity index (χ2n) is 4.37. The van der Waals surface area contributed by atoms with Gasteiger partial charge in [-0.25, -0.2) is 4.98 Å². The summed E-state index contributed by atoms with van der Waals surface area (Å²) in [6, 6.07) is 5.58. The molecule has 96 valence electrons. The molecule has 0 saturated carbocycles. The van der Waals surface area contributed by atoms with Crippen LogP contribution in [0.15, 0.2) is 30.6 Å². The summed E-state index contributed by atoms with van der Waals surface area (Å²) in [5.74, 6) is 0. The lowest BCUT2D eigenvalue weighted by Crippen LogP contribution is -2.33. The van der Waals surface area contributed by atoms with Crippen molar-refractivity contribution in [3.63, 3.8) is 0 Å². The van der Waals surface area contributed by atoms with Crippen molar-refractivity contribution < 1.29 is 20.1 Å². The standard InChI is InChI=1S/C12H14N2O4/c15-6-8-9(16)10(17)12(18-8)14-5-3-7-2-1-4-13-11(7)14/h1-5,8-10,12,15-17H,6H2/t8-,9?,10+,12-/m1/s1. The van der Waals surface area contributed by atoms with E-state index >= 15 is 0 Å². The summed E-state index contributed by atoms with van der Waals surface area (Å²) in [5, 5.41) is 29.7. The lowest BCUT2D eigenvalue weighted by atomic mass is 10.1. The highest BCUT2D eigenvalue weighted by Crippen LogP contribution is 2.31. The lowest BCUT2D eigenvalue weighted by Gasteiger charge is -2.17. The Bertz CT molecular complexity index is 556. The highest BCUT2D eigenvalue weighted by molar-refractivity contribution is 5.75. The SMILES string of the molecule is OC[C@H]1O[C@@H](n2ccc3cccnc32)[C@@H](O)C1O. The van der Waals surface area contributed by atoms with Crippen LogP contribution in [-0.2, 0) is 4.74 Å². The zero-order chi connectivity index (χ0) is 12.7. The van der Waals surface area contributed by atoms with Gasteiger partial charge >= 0.3 is 0 Å². The van der Waals surface area contributed by atoms with Crippen molar-refractivity contribution >= 4 is 11.0 Å². The van der Waals surface area contributed by atoms with Crippen LogP contribution in [0.2, 0.25) is 0 Å². The fraction of sp³-hybridized carbons (Fsp3) is 0.417. The lowest BCUT2D eigenvalue weighted by molar-refractivity contribution is -0.0508. The number of pyridine rings is 1. The number of aromatic nitrogens is 2. The number of hydrogen-bond acceptors (Lipinski definition) is 5. The van der Waals surface area contributed by atoms with Crippen LogP contribution in [0.3, 0.4) is 0 Å². The second kappa shape index (κ2) is 4.33. The van der Waals surface area contributed by atoms with Gasteiger partial charge in [0, 0.05) is 17.8 Å². The van der Waals surface area contributed by atoms with Gasteiger partial charge in [0.05, 0.1) is 6.61 Å². The Kier molecular flexibility index (Phi) is 2.79. The maximum atomic E-state index is 9.96. The van der Waals surface area contributed by atoms with E-state index in [1.165, 1.54) is 0 Å². The number of hydrogen-bond donors (Lipinski definition) is 3. The van der Waals surface area contributed by atoms with E-state index in [1.54, 1.807) is 17.0 Å². The van der Waals surface area contributed by atoms with Crippen molar-refractivity contribution in [3.05, 3.63) is 30.6 Å². The Morgan fingerprint density at radius 2 is 2.11 bits per heavy atom. The van der Waals surface area contributed by atoms with Crippen LogP contribution in [-0.4, -0.2) is 49.8 Å². The minimum Gasteiger partial charge on any atom is -0.394 e. The number of ether oxygens (including phenoxy) is 1. The minimum atomic E-state index is -1.10. The molecule has 1 aliphatic rings. The molecule has 0 aromatic carbocycles. The van der Waals surface area contributed by atoms with Gasteiger partial charge in [0.15, 0.2) is 6.23 Å². The Morgan fingerprint density at radius 1 is 1.28 bits per heavy atom. The van der Waals surface area contributed by atoms with Crippen molar-refractivity contribution in [1.29, 1.82) is 0 Å². The maximum Gasteiger partial charge on any atom is 0.164 e. The number of rotatable bonds is 2. The zero-order valence-corrected chi connectivity index (χ0v) is 9.55. The van der Waals surface area contributed by atoms with Gasteiger partial charge in [-0.1, -0.05) is 0 Å². The number of nitrogens with zero attached hydrogens (tertiary/aromatic N) is 2. The molecule has 1 unspecified atom stereocenters. The van der Waals surface area contributed by atoms with Gasteiger partial charge < -0.3 is 24.6 Å². The fourth-order valence-electron chi connectivity index (χ4n) is 2.30. The Morgan fingerprint density at radius 3 is 2.83 bits per heavy atom. The predicted molar refractivity (Wildman–Crippen MR) is 62.7 cm³/mol. The van der Waals surface area contributed by atoms with Gasteiger partial charge in [0.1, 0.15) is 24.0 Å². The summed E-state index contributed by atoms with van der Waals surface area (Å²) < 4.78 is 7.13. The Hall–Kier alpha value is -1.47. The van der Waals surface area contributed by atoms with E-state index < -0.39 is 24.5 Å². The van der Waals surface area contributed by atoms with Crippen molar-refractivity contribution in [1.82, 2.24) is 9.55 Å². The van der Waals surface area contributed by atoms with Crippen molar-refractivity contribution in [2.24, 2.45) is 0 Å². The quantitative estimate of drug-likeness (QED) is 0.678. The highest BCUT2D eigenvalue weighted by atomic mass is 16.6. The third-order valence-corrected chi connectivity index (χ3v) is 3.27. The molecule has 0 amide bonds. The first-order valence-corrected chi connectivity index (χ1v) is 5.76. The molecule has 0 bridgehead atoms. The third-order valence-electron chi connectivity index (χ3n) is 3.27. The summed E-state index contributed by atoms with van der Waals surface area (Å²) in [6.07, 6.45) is -0.283. The number of aliphatic hydroxyl groups is 3. The van der Waals surface area contributed by atoms with Crippen LogP contribution in [0.4, 0.5) is 0 Å². The van der Waals surface area contributed by atoms with Crippen molar-refractivity contribution in [3.8, 4) is 0 Å². The molecule has 0 spiro atoms. The summed E-state index contributed by atoms with van der Waals surface area (Å²) in [7, 11) is 0. The van der Waals surface area contributed by atoms with Gasteiger partial charge in [-0.2, -0.15) is 0 Å². The second-order valence-corrected chi connectivity index (χ2v) is 4.37. The fourth-order valence-corrected chi connectivity index (χ4v) is 2.30. The number of fused-ring (bicyclic) bond motifs is 1. The molecule has 1 fully saturated rings. The largest absolute Gasteiger partial charge is 0.394 e. The van der Waals surface area contributed by atoms with Gasteiger partial charge in [-0.15, -0.1) is 0 Å². The molecular weight excluding hydrogens is 236 g/mol. The molecule has 1 aliphatic heterocycles. The topological polar surface area (TPSA) is 87.7 Å². The number of aliphatic hydroxyl groups excluding tert-OH is 3. The zero-order valence-electron chi connectivity index (χ0n) is 9.55.